The molecule has 1 amide bonds. The van der Waals surface area contributed by atoms with Crippen LogP contribution < -0.4 is 4.72 Å². The topological polar surface area (TPSA) is 63.2 Å². The van der Waals surface area contributed by atoms with E-state index in [4.69, 9.17) is 0 Å². The summed E-state index contributed by atoms with van der Waals surface area (Å²) < 4.78 is 24.9. The lowest BCUT2D eigenvalue weighted by atomic mass is 10.1. The van der Waals surface area contributed by atoms with E-state index in [1.54, 1.807) is 0 Å². The van der Waals surface area contributed by atoms with E-state index in [2.05, 4.69) is 15.9 Å². The quantitative estimate of drug-likeness (QED) is 0.921. The largest absolute Gasteiger partial charge is 0.274 e. The molecule has 0 unspecified atom stereocenters. The van der Waals surface area contributed by atoms with Gasteiger partial charge in [-0.25, -0.2) is 8.42 Å². The fourth-order valence-corrected chi connectivity index (χ4v) is 2.96. The van der Waals surface area contributed by atoms with Gasteiger partial charge in [0.1, 0.15) is 0 Å². The lowest BCUT2D eigenvalue weighted by Gasteiger charge is -2.04. The number of nitrogens with one attached hydrogen (secondary N) is 1. The Kier molecular flexibility index (Phi) is 3.27. The molecule has 0 aromatic heterocycles. The molecule has 1 aromatic carbocycles. The highest BCUT2D eigenvalue weighted by molar-refractivity contribution is 9.10. The third-order valence-electron chi connectivity index (χ3n) is 2.72. The van der Waals surface area contributed by atoms with Gasteiger partial charge in [0, 0.05) is 10.4 Å². The number of benzene rings is 1. The SMILES string of the molecule is CS(=O)(=O)NC(=O)[C@@H]1C[C@@H]1c1ccccc1Br. The predicted octanol–water partition coefficient (Wildman–Crippen LogP) is 1.63. The monoisotopic (exact) mass is 317 g/mol. The Morgan fingerprint density at radius 3 is 2.65 bits per heavy atom. The van der Waals surface area contributed by atoms with Crippen LogP contribution in [0, 0.1) is 5.92 Å². The molecular formula is C11H12BrNO3S. The smallest absolute Gasteiger partial charge is 0.237 e. The molecule has 2 atom stereocenters. The van der Waals surface area contributed by atoms with Crippen molar-refractivity contribution < 1.29 is 13.2 Å². The van der Waals surface area contributed by atoms with Gasteiger partial charge in [0.2, 0.25) is 15.9 Å². The second-order valence-electron chi connectivity index (χ2n) is 4.21. The molecule has 0 spiro atoms. The van der Waals surface area contributed by atoms with Crippen molar-refractivity contribution in [2.45, 2.75) is 12.3 Å². The van der Waals surface area contributed by atoms with E-state index in [1.165, 1.54) is 0 Å². The second-order valence-corrected chi connectivity index (χ2v) is 6.81. The number of carbonyl (C=O) groups excluding carboxylic acids is 1. The highest BCUT2D eigenvalue weighted by Gasteiger charge is 2.45. The van der Waals surface area contributed by atoms with Gasteiger partial charge in [-0.2, -0.15) is 0 Å². The second kappa shape index (κ2) is 4.42. The van der Waals surface area contributed by atoms with E-state index in [0.717, 1.165) is 16.3 Å². The number of hydrogen-bond donors (Lipinski definition) is 1. The van der Waals surface area contributed by atoms with Gasteiger partial charge in [0.15, 0.2) is 0 Å². The van der Waals surface area contributed by atoms with Crippen molar-refractivity contribution in [1.29, 1.82) is 0 Å². The van der Waals surface area contributed by atoms with Crippen LogP contribution in [0.1, 0.15) is 17.9 Å². The van der Waals surface area contributed by atoms with E-state index < -0.39 is 15.9 Å². The maximum atomic E-state index is 11.6. The molecule has 92 valence electrons. The third kappa shape index (κ3) is 3.07. The van der Waals surface area contributed by atoms with Crippen LogP contribution in [-0.2, 0) is 14.8 Å². The Bertz CT molecular complexity index is 556. The van der Waals surface area contributed by atoms with Gasteiger partial charge in [0.25, 0.3) is 0 Å². The fourth-order valence-electron chi connectivity index (χ4n) is 1.86. The molecule has 0 radical (unpaired) electrons. The van der Waals surface area contributed by atoms with Gasteiger partial charge in [-0.15, -0.1) is 0 Å². The van der Waals surface area contributed by atoms with Crippen LogP contribution in [0.2, 0.25) is 0 Å². The highest BCUT2D eigenvalue weighted by atomic mass is 79.9. The summed E-state index contributed by atoms with van der Waals surface area (Å²) in [6, 6.07) is 7.67. The maximum Gasteiger partial charge on any atom is 0.237 e. The summed E-state index contributed by atoms with van der Waals surface area (Å²) in [5.74, 6) is -0.524. The van der Waals surface area contributed by atoms with Gasteiger partial charge in [-0.05, 0) is 24.0 Å². The van der Waals surface area contributed by atoms with Gasteiger partial charge in [-0.1, -0.05) is 34.1 Å². The molecule has 0 saturated heterocycles. The minimum absolute atomic E-state index is 0.118. The lowest BCUT2D eigenvalue weighted by molar-refractivity contribution is -0.120. The number of halogens is 1. The lowest BCUT2D eigenvalue weighted by Crippen LogP contribution is -2.30. The molecule has 1 fully saturated rings. The summed E-state index contributed by atoms with van der Waals surface area (Å²) in [4.78, 5) is 11.6. The van der Waals surface area contributed by atoms with Crippen LogP contribution in [0.5, 0.6) is 0 Å². The summed E-state index contributed by atoms with van der Waals surface area (Å²) >= 11 is 3.42. The molecule has 1 aliphatic rings. The van der Waals surface area contributed by atoms with E-state index in [-0.39, 0.29) is 11.8 Å². The summed E-state index contributed by atoms with van der Waals surface area (Å²) in [5.41, 5.74) is 1.06. The standard InChI is InChI=1S/C11H12BrNO3S/c1-17(15,16)13-11(14)9-6-8(9)7-4-2-3-5-10(7)12/h2-5,8-9H,6H2,1H3,(H,13,14)/t8-,9-/m1/s1. The molecule has 0 bridgehead atoms. The highest BCUT2D eigenvalue weighted by Crippen LogP contribution is 2.49. The minimum atomic E-state index is -3.46. The zero-order valence-corrected chi connectivity index (χ0v) is 11.6. The predicted molar refractivity (Wildman–Crippen MR) is 68.0 cm³/mol. The van der Waals surface area contributed by atoms with E-state index in [9.17, 15) is 13.2 Å². The number of sulfonamides is 1. The van der Waals surface area contributed by atoms with Gasteiger partial charge in [-0.3, -0.25) is 9.52 Å². The van der Waals surface area contributed by atoms with Crippen LogP contribution >= 0.6 is 15.9 Å². The molecule has 0 aliphatic heterocycles. The first kappa shape index (κ1) is 12.6. The molecule has 1 N–H and O–H groups in total. The zero-order chi connectivity index (χ0) is 12.6. The fraction of sp³-hybridized carbons (Fsp3) is 0.364. The van der Waals surface area contributed by atoms with Crippen molar-refractivity contribution in [2.24, 2.45) is 5.92 Å². The van der Waals surface area contributed by atoms with Gasteiger partial charge >= 0.3 is 0 Å². The normalized spacial score (nSPS) is 23.2. The van der Waals surface area contributed by atoms with Crippen LogP contribution in [0.3, 0.4) is 0 Å². The summed E-state index contributed by atoms with van der Waals surface area (Å²) in [6.07, 6.45) is 1.69. The van der Waals surface area contributed by atoms with Gasteiger partial charge < -0.3 is 0 Å². The van der Waals surface area contributed by atoms with Gasteiger partial charge in [0.05, 0.1) is 6.26 Å². The van der Waals surface area contributed by atoms with E-state index in [1.807, 2.05) is 29.0 Å². The van der Waals surface area contributed by atoms with Crippen LogP contribution in [0.4, 0.5) is 0 Å². The molecule has 4 nitrogen and oxygen atoms in total. The van der Waals surface area contributed by atoms with Crippen LogP contribution in [0.25, 0.3) is 0 Å². The number of carbonyl (C=O) groups is 1. The Balaban J connectivity index is 2.07. The van der Waals surface area contributed by atoms with Crippen LogP contribution in [0.15, 0.2) is 28.7 Å². The van der Waals surface area contributed by atoms with Crippen molar-refractivity contribution >= 4 is 31.9 Å². The molecule has 17 heavy (non-hydrogen) atoms. The summed E-state index contributed by atoms with van der Waals surface area (Å²) in [5, 5.41) is 0. The van der Waals surface area contributed by atoms with Crippen molar-refractivity contribution in [2.75, 3.05) is 6.26 Å². The first-order valence-corrected chi connectivity index (χ1v) is 7.83. The first-order chi connectivity index (χ1) is 7.88. The summed E-state index contributed by atoms with van der Waals surface area (Å²) in [6.45, 7) is 0. The average Bonchev–Trinajstić information content (AvgIpc) is 2.95. The Hall–Kier alpha value is -0.880. The Morgan fingerprint density at radius 2 is 2.06 bits per heavy atom. The molecule has 1 aromatic rings. The molecule has 6 heteroatoms. The van der Waals surface area contributed by atoms with Crippen molar-refractivity contribution in [3.63, 3.8) is 0 Å². The van der Waals surface area contributed by atoms with Crippen molar-refractivity contribution in [3.05, 3.63) is 34.3 Å². The Labute approximate surface area is 109 Å². The zero-order valence-electron chi connectivity index (χ0n) is 9.18. The molecule has 2 rings (SSSR count). The van der Waals surface area contributed by atoms with Crippen molar-refractivity contribution in [1.82, 2.24) is 4.72 Å². The minimum Gasteiger partial charge on any atom is -0.274 e. The third-order valence-corrected chi connectivity index (χ3v) is 4.01. The molecule has 1 saturated carbocycles. The number of rotatable bonds is 3. The number of amides is 1. The molecular weight excluding hydrogens is 306 g/mol. The molecule has 0 heterocycles. The Morgan fingerprint density at radius 1 is 1.41 bits per heavy atom. The van der Waals surface area contributed by atoms with Crippen molar-refractivity contribution in [3.8, 4) is 0 Å². The average molecular weight is 318 g/mol. The van der Waals surface area contributed by atoms with E-state index in [0.29, 0.717) is 6.42 Å². The van der Waals surface area contributed by atoms with Crippen LogP contribution in [-0.4, -0.2) is 20.6 Å². The molecule has 1 aliphatic carbocycles. The van der Waals surface area contributed by atoms with E-state index >= 15 is 0 Å². The maximum absolute atomic E-state index is 11.6. The number of hydrogen-bond acceptors (Lipinski definition) is 3. The summed E-state index contributed by atoms with van der Waals surface area (Å²) in [7, 11) is -3.46. The first-order valence-electron chi connectivity index (χ1n) is 5.14.